The number of amides is 1. The number of rotatable bonds is 3. The first-order valence-corrected chi connectivity index (χ1v) is 9.65. The van der Waals surface area contributed by atoms with Crippen molar-refractivity contribution < 1.29 is 9.53 Å². The largest absolute Gasteiger partial charge is 0.481 e. The Bertz CT molecular complexity index is 1030. The molecule has 1 N–H and O–H groups in total. The molecule has 138 valence electrons. The number of aryl methyl sites for hydroxylation is 2. The fourth-order valence-corrected chi connectivity index (χ4v) is 3.85. The summed E-state index contributed by atoms with van der Waals surface area (Å²) >= 11 is 0. The molecule has 0 saturated heterocycles. The third-order valence-electron chi connectivity index (χ3n) is 5.69. The van der Waals surface area contributed by atoms with Gasteiger partial charge < -0.3 is 14.5 Å². The number of carbonyl (C=O) groups excluding carboxylic acids is 1. The van der Waals surface area contributed by atoms with E-state index in [1.807, 2.05) is 42.6 Å². The van der Waals surface area contributed by atoms with Crippen molar-refractivity contribution in [3.8, 4) is 5.75 Å². The Hall–Kier alpha value is -2.82. The molecule has 1 amide bonds. The van der Waals surface area contributed by atoms with Crippen molar-refractivity contribution >= 4 is 11.6 Å². The number of imidazole rings is 1. The first kappa shape index (κ1) is 16.4. The lowest BCUT2D eigenvalue weighted by molar-refractivity contribution is 0.0946. The van der Waals surface area contributed by atoms with Gasteiger partial charge in [0.2, 0.25) is 0 Å². The van der Waals surface area contributed by atoms with Crippen LogP contribution in [-0.4, -0.2) is 21.3 Å². The lowest BCUT2D eigenvalue weighted by Gasteiger charge is -2.28. The summed E-state index contributed by atoms with van der Waals surface area (Å²) in [5.41, 5.74) is 5.67. The van der Waals surface area contributed by atoms with Crippen LogP contribution >= 0.6 is 0 Å². The second-order valence-electron chi connectivity index (χ2n) is 7.63. The van der Waals surface area contributed by atoms with Crippen molar-refractivity contribution in [2.75, 3.05) is 0 Å². The molecular weight excluding hydrogens is 338 g/mol. The molecule has 1 atom stereocenters. The maximum atomic E-state index is 12.9. The summed E-state index contributed by atoms with van der Waals surface area (Å²) in [6, 6.07) is 10.6. The molecule has 3 heterocycles. The molecule has 0 spiro atoms. The van der Waals surface area contributed by atoms with Gasteiger partial charge >= 0.3 is 0 Å². The molecule has 5 nitrogen and oxygen atoms in total. The molecule has 1 fully saturated rings. The van der Waals surface area contributed by atoms with E-state index in [0.29, 0.717) is 6.04 Å². The molecule has 1 aliphatic heterocycles. The van der Waals surface area contributed by atoms with E-state index in [0.717, 1.165) is 65.2 Å². The SMILES string of the molecule is Cc1nc2c3c(c(C(=O)NC4CC4)cn2c1C)CC[C@H](c1ccccc1)O3. The van der Waals surface area contributed by atoms with E-state index in [4.69, 9.17) is 9.72 Å². The highest BCUT2D eigenvalue weighted by molar-refractivity contribution is 5.97. The van der Waals surface area contributed by atoms with Gasteiger partial charge in [0.15, 0.2) is 11.4 Å². The number of carbonyl (C=O) groups is 1. The maximum absolute atomic E-state index is 12.9. The predicted molar refractivity (Wildman–Crippen MR) is 103 cm³/mol. The molecule has 5 rings (SSSR count). The van der Waals surface area contributed by atoms with E-state index in [1.165, 1.54) is 0 Å². The van der Waals surface area contributed by atoms with Gasteiger partial charge in [-0.05, 0) is 45.1 Å². The molecular formula is C22H23N3O2. The molecule has 1 aliphatic carbocycles. The van der Waals surface area contributed by atoms with Crippen LogP contribution in [0.15, 0.2) is 36.5 Å². The van der Waals surface area contributed by atoms with Gasteiger partial charge in [0, 0.05) is 23.5 Å². The van der Waals surface area contributed by atoms with E-state index in [9.17, 15) is 4.79 Å². The second kappa shape index (κ2) is 6.12. The third-order valence-corrected chi connectivity index (χ3v) is 5.69. The van der Waals surface area contributed by atoms with Crippen LogP contribution in [-0.2, 0) is 6.42 Å². The van der Waals surface area contributed by atoms with Gasteiger partial charge in [-0.15, -0.1) is 0 Å². The zero-order valence-corrected chi connectivity index (χ0v) is 15.7. The molecule has 5 heteroatoms. The topological polar surface area (TPSA) is 55.6 Å². The Labute approximate surface area is 158 Å². The maximum Gasteiger partial charge on any atom is 0.253 e. The van der Waals surface area contributed by atoms with Crippen LogP contribution in [0.1, 0.15) is 58.2 Å². The Morgan fingerprint density at radius 3 is 2.70 bits per heavy atom. The van der Waals surface area contributed by atoms with Crippen molar-refractivity contribution in [3.05, 3.63) is 64.6 Å². The van der Waals surface area contributed by atoms with Gasteiger partial charge in [0.1, 0.15) is 6.10 Å². The van der Waals surface area contributed by atoms with E-state index in [2.05, 4.69) is 17.4 Å². The minimum Gasteiger partial charge on any atom is -0.481 e. The first-order valence-electron chi connectivity index (χ1n) is 9.65. The van der Waals surface area contributed by atoms with Crippen LogP contribution in [0, 0.1) is 13.8 Å². The highest BCUT2D eigenvalue weighted by Gasteiger charge is 2.31. The fraction of sp³-hybridized carbons (Fsp3) is 0.364. The van der Waals surface area contributed by atoms with Crippen LogP contribution in [0.4, 0.5) is 0 Å². The molecule has 1 aromatic carbocycles. The van der Waals surface area contributed by atoms with Crippen LogP contribution < -0.4 is 10.1 Å². The van der Waals surface area contributed by atoms with Crippen molar-refractivity contribution in [1.82, 2.24) is 14.7 Å². The van der Waals surface area contributed by atoms with E-state index < -0.39 is 0 Å². The Kier molecular flexibility index (Phi) is 3.71. The summed E-state index contributed by atoms with van der Waals surface area (Å²) in [7, 11) is 0. The number of hydrogen-bond acceptors (Lipinski definition) is 3. The number of nitrogens with one attached hydrogen (secondary N) is 1. The van der Waals surface area contributed by atoms with Gasteiger partial charge in [0.25, 0.3) is 5.91 Å². The summed E-state index contributed by atoms with van der Waals surface area (Å²) in [5.74, 6) is 0.762. The highest BCUT2D eigenvalue weighted by Crippen LogP contribution is 2.40. The number of pyridine rings is 1. The quantitative estimate of drug-likeness (QED) is 0.769. The van der Waals surface area contributed by atoms with Crippen LogP contribution in [0.2, 0.25) is 0 Å². The van der Waals surface area contributed by atoms with Crippen LogP contribution in [0.25, 0.3) is 5.65 Å². The normalized spacial score (nSPS) is 18.8. The van der Waals surface area contributed by atoms with Gasteiger partial charge in [-0.3, -0.25) is 4.79 Å². The average molecular weight is 361 g/mol. The minimum atomic E-state index is -0.0124. The summed E-state index contributed by atoms with van der Waals surface area (Å²) < 4.78 is 8.45. The van der Waals surface area contributed by atoms with Crippen molar-refractivity contribution in [2.24, 2.45) is 0 Å². The Morgan fingerprint density at radius 1 is 1.19 bits per heavy atom. The predicted octanol–water partition coefficient (Wildman–Crippen LogP) is 3.91. The zero-order valence-electron chi connectivity index (χ0n) is 15.7. The Morgan fingerprint density at radius 2 is 1.96 bits per heavy atom. The molecule has 1 saturated carbocycles. The lowest BCUT2D eigenvalue weighted by atomic mass is 9.95. The lowest BCUT2D eigenvalue weighted by Crippen LogP contribution is -2.28. The number of ether oxygens (including phenoxy) is 1. The van der Waals surface area contributed by atoms with Gasteiger partial charge in [-0.25, -0.2) is 4.98 Å². The van der Waals surface area contributed by atoms with Crippen molar-refractivity contribution in [1.29, 1.82) is 0 Å². The van der Waals surface area contributed by atoms with Crippen molar-refractivity contribution in [3.63, 3.8) is 0 Å². The number of nitrogens with zero attached hydrogens (tertiary/aromatic N) is 2. The first-order chi connectivity index (χ1) is 13.1. The number of aromatic nitrogens is 2. The standard InChI is InChI=1S/C22H23N3O2/c1-13-14(2)25-12-18(22(26)24-16-8-9-16)17-10-11-19(15-6-4-3-5-7-15)27-20(17)21(25)23-13/h3-7,12,16,19H,8-11H2,1-2H3,(H,24,26)/t19-/m1/s1. The molecule has 0 unspecified atom stereocenters. The second-order valence-corrected chi connectivity index (χ2v) is 7.63. The zero-order chi connectivity index (χ0) is 18.5. The van der Waals surface area contributed by atoms with Gasteiger partial charge in [-0.1, -0.05) is 30.3 Å². The monoisotopic (exact) mass is 361 g/mol. The number of benzene rings is 1. The summed E-state index contributed by atoms with van der Waals surface area (Å²) in [4.78, 5) is 17.6. The fourth-order valence-electron chi connectivity index (χ4n) is 3.85. The minimum absolute atomic E-state index is 0.00293. The molecule has 0 bridgehead atoms. The summed E-state index contributed by atoms with van der Waals surface area (Å²) in [6.45, 7) is 4.03. The third kappa shape index (κ3) is 2.78. The van der Waals surface area contributed by atoms with Gasteiger partial charge in [-0.2, -0.15) is 0 Å². The summed E-state index contributed by atoms with van der Waals surface area (Å²) in [5, 5.41) is 3.13. The highest BCUT2D eigenvalue weighted by atomic mass is 16.5. The number of hydrogen-bond donors (Lipinski definition) is 1. The molecule has 2 aliphatic rings. The van der Waals surface area contributed by atoms with Crippen molar-refractivity contribution in [2.45, 2.75) is 51.7 Å². The summed E-state index contributed by atoms with van der Waals surface area (Å²) in [6.07, 6.45) is 5.74. The van der Waals surface area contributed by atoms with Gasteiger partial charge in [0.05, 0.1) is 11.3 Å². The van der Waals surface area contributed by atoms with Crippen LogP contribution in [0.3, 0.4) is 0 Å². The van der Waals surface area contributed by atoms with E-state index in [1.54, 1.807) is 0 Å². The molecule has 3 aromatic rings. The smallest absolute Gasteiger partial charge is 0.253 e. The molecule has 0 radical (unpaired) electrons. The molecule has 2 aromatic heterocycles. The average Bonchev–Trinajstić information content (AvgIpc) is 3.46. The van der Waals surface area contributed by atoms with E-state index >= 15 is 0 Å². The molecule has 27 heavy (non-hydrogen) atoms. The Balaban J connectivity index is 1.63. The van der Waals surface area contributed by atoms with E-state index in [-0.39, 0.29) is 12.0 Å². The number of fused-ring (bicyclic) bond motifs is 3. The van der Waals surface area contributed by atoms with Crippen LogP contribution in [0.5, 0.6) is 5.75 Å².